The smallest absolute Gasteiger partial charge is 0.313 e. The molecule has 0 saturated carbocycles. The van der Waals surface area contributed by atoms with Gasteiger partial charge >= 0.3 is 5.97 Å². The number of carbonyl (C=O) groups is 1. The zero-order chi connectivity index (χ0) is 14.5. The maximum Gasteiger partial charge on any atom is 0.313 e. The third kappa shape index (κ3) is 3.96. The second-order valence-corrected chi connectivity index (χ2v) is 5.87. The minimum absolute atomic E-state index is 0.242. The Morgan fingerprint density at radius 1 is 1.25 bits per heavy atom. The number of anilines is 1. The van der Waals surface area contributed by atoms with Gasteiger partial charge in [-0.3, -0.25) is 4.79 Å². The standard InChI is InChI=1S/C16H16INO2/c1-11(13-3-2-4-15(18)9-13)16(19)20-10-12-5-7-14(17)8-6-12/h2-9,11H,10,18H2,1H3. The average molecular weight is 381 g/mol. The van der Waals surface area contributed by atoms with Crippen molar-refractivity contribution in [2.24, 2.45) is 0 Å². The van der Waals surface area contributed by atoms with Gasteiger partial charge in [0.2, 0.25) is 0 Å². The lowest BCUT2D eigenvalue weighted by atomic mass is 10.0. The first-order valence-electron chi connectivity index (χ1n) is 6.33. The van der Waals surface area contributed by atoms with Crippen molar-refractivity contribution in [2.45, 2.75) is 19.4 Å². The highest BCUT2D eigenvalue weighted by Gasteiger charge is 2.16. The molecule has 2 rings (SSSR count). The summed E-state index contributed by atoms with van der Waals surface area (Å²) in [6.07, 6.45) is 0. The van der Waals surface area contributed by atoms with Gasteiger partial charge in [-0.15, -0.1) is 0 Å². The minimum Gasteiger partial charge on any atom is -0.460 e. The van der Waals surface area contributed by atoms with Gasteiger partial charge in [0.05, 0.1) is 5.92 Å². The van der Waals surface area contributed by atoms with Gasteiger partial charge in [-0.1, -0.05) is 24.3 Å². The summed E-state index contributed by atoms with van der Waals surface area (Å²) >= 11 is 2.24. The van der Waals surface area contributed by atoms with Crippen molar-refractivity contribution in [3.05, 3.63) is 63.2 Å². The molecule has 0 aliphatic heterocycles. The number of benzene rings is 2. The van der Waals surface area contributed by atoms with Gasteiger partial charge in [0.15, 0.2) is 0 Å². The van der Waals surface area contributed by atoms with E-state index in [1.165, 1.54) is 0 Å². The van der Waals surface area contributed by atoms with E-state index in [1.54, 1.807) is 12.1 Å². The van der Waals surface area contributed by atoms with Gasteiger partial charge < -0.3 is 10.5 Å². The summed E-state index contributed by atoms with van der Waals surface area (Å²) in [7, 11) is 0. The highest BCUT2D eigenvalue weighted by atomic mass is 127. The molecule has 104 valence electrons. The molecule has 0 aliphatic carbocycles. The Balaban J connectivity index is 1.96. The molecule has 3 nitrogen and oxygen atoms in total. The van der Waals surface area contributed by atoms with Crippen LogP contribution in [-0.4, -0.2) is 5.97 Å². The molecule has 2 N–H and O–H groups in total. The SMILES string of the molecule is CC(C(=O)OCc1ccc(I)cc1)c1cccc(N)c1. The van der Waals surface area contributed by atoms with Crippen LogP contribution in [0.5, 0.6) is 0 Å². The lowest BCUT2D eigenvalue weighted by Crippen LogP contribution is -2.13. The summed E-state index contributed by atoms with van der Waals surface area (Å²) in [4.78, 5) is 12.0. The molecule has 0 fully saturated rings. The predicted octanol–water partition coefficient (Wildman–Crippen LogP) is 3.72. The lowest BCUT2D eigenvalue weighted by Gasteiger charge is -2.12. The number of nitrogens with two attached hydrogens (primary N) is 1. The van der Waals surface area contributed by atoms with Crippen molar-refractivity contribution in [1.82, 2.24) is 0 Å². The second kappa shape index (κ2) is 6.74. The second-order valence-electron chi connectivity index (χ2n) is 4.63. The van der Waals surface area contributed by atoms with Gasteiger partial charge in [-0.2, -0.15) is 0 Å². The van der Waals surface area contributed by atoms with E-state index in [-0.39, 0.29) is 11.9 Å². The highest BCUT2D eigenvalue weighted by Crippen LogP contribution is 2.19. The first-order valence-corrected chi connectivity index (χ1v) is 7.40. The van der Waals surface area contributed by atoms with Crippen LogP contribution in [0.3, 0.4) is 0 Å². The molecule has 4 heteroatoms. The Morgan fingerprint density at radius 3 is 2.60 bits per heavy atom. The molecule has 1 unspecified atom stereocenters. The van der Waals surface area contributed by atoms with Gasteiger partial charge in [-0.05, 0) is 64.9 Å². The fourth-order valence-corrected chi connectivity index (χ4v) is 2.18. The number of hydrogen-bond donors (Lipinski definition) is 1. The largest absolute Gasteiger partial charge is 0.460 e. The van der Waals surface area contributed by atoms with Crippen LogP contribution in [0, 0.1) is 3.57 Å². The quantitative estimate of drug-likeness (QED) is 0.499. The van der Waals surface area contributed by atoms with E-state index in [0.717, 1.165) is 14.7 Å². The van der Waals surface area contributed by atoms with Gasteiger partial charge in [0.25, 0.3) is 0 Å². The molecule has 0 amide bonds. The van der Waals surface area contributed by atoms with Gasteiger partial charge in [0.1, 0.15) is 6.61 Å². The average Bonchev–Trinajstić information content (AvgIpc) is 2.45. The molecule has 0 bridgehead atoms. The number of hydrogen-bond acceptors (Lipinski definition) is 3. The van der Waals surface area contributed by atoms with E-state index < -0.39 is 0 Å². The Labute approximate surface area is 132 Å². The molecule has 0 radical (unpaired) electrons. The zero-order valence-electron chi connectivity index (χ0n) is 11.2. The Morgan fingerprint density at radius 2 is 1.95 bits per heavy atom. The van der Waals surface area contributed by atoms with E-state index in [4.69, 9.17) is 10.5 Å². The van der Waals surface area contributed by atoms with E-state index >= 15 is 0 Å². The van der Waals surface area contributed by atoms with E-state index in [2.05, 4.69) is 22.6 Å². The monoisotopic (exact) mass is 381 g/mol. The van der Waals surface area contributed by atoms with Crippen LogP contribution in [0.4, 0.5) is 5.69 Å². The van der Waals surface area contributed by atoms with Crippen LogP contribution in [0.2, 0.25) is 0 Å². The van der Waals surface area contributed by atoms with Crippen LogP contribution < -0.4 is 5.73 Å². The number of carbonyl (C=O) groups excluding carboxylic acids is 1. The Bertz CT molecular complexity index is 596. The molecule has 2 aromatic carbocycles. The summed E-state index contributed by atoms with van der Waals surface area (Å²) in [5.41, 5.74) is 8.23. The van der Waals surface area contributed by atoms with Crippen LogP contribution >= 0.6 is 22.6 Å². The van der Waals surface area contributed by atoms with Crippen molar-refractivity contribution in [3.8, 4) is 0 Å². The molecule has 0 aliphatic rings. The summed E-state index contributed by atoms with van der Waals surface area (Å²) in [5.74, 6) is -0.559. The maximum absolute atomic E-state index is 12.0. The Hall–Kier alpha value is -1.56. The van der Waals surface area contributed by atoms with E-state index in [0.29, 0.717) is 12.3 Å². The summed E-state index contributed by atoms with van der Waals surface area (Å²) in [6, 6.07) is 15.2. The molecule has 0 heterocycles. The normalized spacial score (nSPS) is 11.9. The van der Waals surface area contributed by atoms with Gasteiger partial charge in [0, 0.05) is 9.26 Å². The lowest BCUT2D eigenvalue weighted by molar-refractivity contribution is -0.146. The zero-order valence-corrected chi connectivity index (χ0v) is 13.3. The number of halogens is 1. The highest BCUT2D eigenvalue weighted by molar-refractivity contribution is 14.1. The van der Waals surface area contributed by atoms with Crippen molar-refractivity contribution in [2.75, 3.05) is 5.73 Å². The summed E-state index contributed by atoms with van der Waals surface area (Å²) in [5, 5.41) is 0. The summed E-state index contributed by atoms with van der Waals surface area (Å²) < 4.78 is 6.50. The first kappa shape index (κ1) is 14.8. The Kier molecular flexibility index (Phi) is 5.00. The third-order valence-corrected chi connectivity index (χ3v) is 3.78. The minimum atomic E-state index is -0.317. The summed E-state index contributed by atoms with van der Waals surface area (Å²) in [6.45, 7) is 2.12. The van der Waals surface area contributed by atoms with Crippen molar-refractivity contribution in [1.29, 1.82) is 0 Å². The number of rotatable bonds is 4. The molecule has 0 spiro atoms. The van der Waals surface area contributed by atoms with Crippen LogP contribution in [0.1, 0.15) is 24.0 Å². The van der Waals surface area contributed by atoms with Crippen molar-refractivity contribution >= 4 is 34.2 Å². The number of ether oxygens (including phenoxy) is 1. The van der Waals surface area contributed by atoms with Crippen LogP contribution in [0.25, 0.3) is 0 Å². The van der Waals surface area contributed by atoms with Gasteiger partial charge in [-0.25, -0.2) is 0 Å². The molecular weight excluding hydrogens is 365 g/mol. The number of esters is 1. The molecule has 2 aromatic rings. The maximum atomic E-state index is 12.0. The predicted molar refractivity (Wildman–Crippen MR) is 88.2 cm³/mol. The van der Waals surface area contributed by atoms with E-state index in [9.17, 15) is 4.79 Å². The third-order valence-electron chi connectivity index (χ3n) is 3.06. The van der Waals surface area contributed by atoms with Crippen molar-refractivity contribution in [3.63, 3.8) is 0 Å². The topological polar surface area (TPSA) is 52.3 Å². The molecule has 0 aromatic heterocycles. The van der Waals surface area contributed by atoms with E-state index in [1.807, 2.05) is 43.3 Å². The fraction of sp³-hybridized carbons (Fsp3) is 0.188. The first-order chi connectivity index (χ1) is 9.56. The van der Waals surface area contributed by atoms with Crippen LogP contribution in [0.15, 0.2) is 48.5 Å². The number of nitrogen functional groups attached to an aromatic ring is 1. The van der Waals surface area contributed by atoms with Crippen LogP contribution in [-0.2, 0) is 16.1 Å². The van der Waals surface area contributed by atoms with Crippen molar-refractivity contribution < 1.29 is 9.53 Å². The fourth-order valence-electron chi connectivity index (χ4n) is 1.82. The molecule has 1 atom stereocenters. The molecular formula is C16H16INO2. The molecule has 0 saturated heterocycles. The molecule has 20 heavy (non-hydrogen) atoms.